The Morgan fingerprint density at radius 1 is 1.27 bits per heavy atom. The van der Waals surface area contributed by atoms with Crippen molar-refractivity contribution in [3.63, 3.8) is 0 Å². The van der Waals surface area contributed by atoms with Gasteiger partial charge in [0, 0.05) is 4.47 Å². The molecule has 0 heterocycles. The van der Waals surface area contributed by atoms with Crippen molar-refractivity contribution >= 4 is 28.2 Å². The lowest BCUT2D eigenvalue weighted by Gasteiger charge is -2.22. The van der Waals surface area contributed by atoms with Gasteiger partial charge in [0.2, 0.25) is 0 Å². The molecule has 4 heteroatoms. The number of rotatable bonds is 10. The first-order valence-corrected chi connectivity index (χ1v) is 9.44. The molecule has 26 heavy (non-hydrogen) atoms. The van der Waals surface area contributed by atoms with Crippen molar-refractivity contribution in [1.29, 1.82) is 0 Å². The molecular formula is C22H27BrO3. The van der Waals surface area contributed by atoms with Crippen LogP contribution in [0.1, 0.15) is 50.4 Å². The maximum absolute atomic E-state index is 12.1. The van der Waals surface area contributed by atoms with Crippen LogP contribution < -0.4 is 0 Å². The van der Waals surface area contributed by atoms with E-state index in [9.17, 15) is 9.59 Å². The number of carbonyl (C=O) groups excluding carboxylic acids is 2. The first-order valence-electron chi connectivity index (χ1n) is 8.65. The van der Waals surface area contributed by atoms with Gasteiger partial charge in [-0.25, -0.2) is 4.79 Å². The van der Waals surface area contributed by atoms with Gasteiger partial charge in [0.25, 0.3) is 0 Å². The van der Waals surface area contributed by atoms with Crippen molar-refractivity contribution in [2.45, 2.75) is 40.0 Å². The highest BCUT2D eigenvalue weighted by Crippen LogP contribution is 2.24. The highest BCUT2D eigenvalue weighted by atomic mass is 79.9. The van der Waals surface area contributed by atoms with Gasteiger partial charge in [0.05, 0.1) is 11.0 Å². The summed E-state index contributed by atoms with van der Waals surface area (Å²) in [5.41, 5.74) is 2.21. The fourth-order valence-electron chi connectivity index (χ4n) is 2.53. The minimum absolute atomic E-state index is 0.0869. The van der Waals surface area contributed by atoms with Gasteiger partial charge in [0.15, 0.2) is 0 Å². The summed E-state index contributed by atoms with van der Waals surface area (Å²) >= 11 is 3.33. The first kappa shape index (κ1) is 22.1. The Morgan fingerprint density at radius 2 is 1.92 bits per heavy atom. The lowest BCUT2D eigenvalue weighted by atomic mass is 9.86. The van der Waals surface area contributed by atoms with E-state index in [0.717, 1.165) is 29.2 Å². The van der Waals surface area contributed by atoms with Gasteiger partial charge in [-0.1, -0.05) is 51.9 Å². The van der Waals surface area contributed by atoms with Crippen molar-refractivity contribution in [2.75, 3.05) is 6.61 Å². The molecule has 1 unspecified atom stereocenters. The Hall–Kier alpha value is -1.94. The van der Waals surface area contributed by atoms with Gasteiger partial charge >= 0.3 is 5.97 Å². The van der Waals surface area contributed by atoms with Crippen LogP contribution in [0.3, 0.4) is 0 Å². The van der Waals surface area contributed by atoms with Gasteiger partial charge in [0.1, 0.15) is 12.9 Å². The van der Waals surface area contributed by atoms with Gasteiger partial charge in [-0.3, -0.25) is 0 Å². The highest BCUT2D eigenvalue weighted by Gasteiger charge is 2.25. The van der Waals surface area contributed by atoms with Crippen LogP contribution in [0.5, 0.6) is 0 Å². The Kier molecular flexibility index (Phi) is 9.28. The fourth-order valence-corrected chi connectivity index (χ4v) is 2.80. The van der Waals surface area contributed by atoms with E-state index in [4.69, 9.17) is 4.74 Å². The zero-order valence-corrected chi connectivity index (χ0v) is 17.3. The molecule has 0 saturated carbocycles. The van der Waals surface area contributed by atoms with Crippen molar-refractivity contribution in [3.8, 4) is 0 Å². The van der Waals surface area contributed by atoms with Crippen molar-refractivity contribution in [3.05, 3.63) is 70.3 Å². The number of carbonyl (C=O) groups is 2. The van der Waals surface area contributed by atoms with Gasteiger partial charge in [-0.2, -0.15) is 0 Å². The van der Waals surface area contributed by atoms with Crippen molar-refractivity contribution in [2.24, 2.45) is 5.41 Å². The quantitative estimate of drug-likeness (QED) is 0.263. The smallest absolute Gasteiger partial charge is 0.338 e. The van der Waals surface area contributed by atoms with E-state index in [1.54, 1.807) is 30.3 Å². The van der Waals surface area contributed by atoms with E-state index in [-0.39, 0.29) is 6.61 Å². The Labute approximate surface area is 165 Å². The molecule has 0 bridgehead atoms. The second-order valence-corrected chi connectivity index (χ2v) is 7.76. The molecule has 0 spiro atoms. The molecule has 0 aromatic heterocycles. The summed E-state index contributed by atoms with van der Waals surface area (Å²) in [6, 6.07) is 6.96. The van der Waals surface area contributed by atoms with E-state index < -0.39 is 11.4 Å². The summed E-state index contributed by atoms with van der Waals surface area (Å²) in [5, 5.41) is 0. The van der Waals surface area contributed by atoms with Crippen LogP contribution in [0.15, 0.2) is 64.7 Å². The molecule has 1 rings (SSSR count). The predicted octanol–water partition coefficient (Wildman–Crippen LogP) is 6.06. The molecule has 0 saturated heterocycles. The highest BCUT2D eigenvalue weighted by molar-refractivity contribution is 9.10. The summed E-state index contributed by atoms with van der Waals surface area (Å²) in [6.07, 6.45) is 9.15. The lowest BCUT2D eigenvalue weighted by molar-refractivity contribution is -0.118. The average Bonchev–Trinajstić information content (AvgIpc) is 2.60. The van der Waals surface area contributed by atoms with Crippen molar-refractivity contribution in [1.82, 2.24) is 0 Å². The average molecular weight is 419 g/mol. The molecule has 1 atom stereocenters. The molecule has 0 aliphatic carbocycles. The third kappa shape index (κ3) is 7.96. The molecule has 3 nitrogen and oxygen atoms in total. The second-order valence-electron chi connectivity index (χ2n) is 6.85. The summed E-state index contributed by atoms with van der Waals surface area (Å²) in [4.78, 5) is 23.6. The standard InChI is InChI=1S/C22H27BrO3/c1-5-7-17(2)14-18(3)8-6-13-22(4,15-24)16-26-21(25)19-9-11-20(23)12-10-19/h5,7,9-12,14-15H,1,6,8,13,16H2,2-4H3/b17-7-,18-14+. The first-order chi connectivity index (χ1) is 12.3. The van der Waals surface area contributed by atoms with Gasteiger partial charge < -0.3 is 9.53 Å². The summed E-state index contributed by atoms with van der Waals surface area (Å²) in [5.74, 6) is -0.410. The zero-order chi connectivity index (χ0) is 19.6. The van der Waals surface area contributed by atoms with Crippen molar-refractivity contribution < 1.29 is 14.3 Å². The minimum atomic E-state index is -0.669. The molecule has 0 fully saturated rings. The number of hydrogen-bond acceptors (Lipinski definition) is 3. The van der Waals surface area contributed by atoms with Crippen LogP contribution in [0, 0.1) is 5.41 Å². The van der Waals surface area contributed by atoms with Crippen LogP contribution in [0.2, 0.25) is 0 Å². The number of benzene rings is 1. The predicted molar refractivity (Wildman–Crippen MR) is 110 cm³/mol. The number of hydrogen-bond donors (Lipinski definition) is 0. The molecule has 0 aliphatic heterocycles. The zero-order valence-electron chi connectivity index (χ0n) is 15.8. The SMILES string of the molecule is C=C/C=C(C)\C=C(/C)CCCC(C)(C=O)COC(=O)c1ccc(Br)cc1. The normalized spacial score (nSPS) is 14.5. The third-order valence-corrected chi connectivity index (χ3v) is 4.60. The molecule has 0 aliphatic rings. The number of ether oxygens (including phenoxy) is 1. The summed E-state index contributed by atoms with van der Waals surface area (Å²) < 4.78 is 6.25. The van der Waals surface area contributed by atoms with Crippen LogP contribution in [-0.2, 0) is 9.53 Å². The van der Waals surface area contributed by atoms with E-state index in [2.05, 4.69) is 35.5 Å². The number of allylic oxidation sites excluding steroid dienone is 5. The largest absolute Gasteiger partial charge is 0.461 e. The number of esters is 1. The Balaban J connectivity index is 2.53. The monoisotopic (exact) mass is 418 g/mol. The minimum Gasteiger partial charge on any atom is -0.461 e. The molecule has 140 valence electrons. The van der Waals surface area contributed by atoms with Gasteiger partial charge in [-0.05, 0) is 64.3 Å². The van der Waals surface area contributed by atoms with Crippen LogP contribution >= 0.6 is 15.9 Å². The van der Waals surface area contributed by atoms with Crippen LogP contribution in [0.4, 0.5) is 0 Å². The molecule has 0 radical (unpaired) electrons. The van der Waals surface area contributed by atoms with E-state index in [0.29, 0.717) is 12.0 Å². The van der Waals surface area contributed by atoms with E-state index >= 15 is 0 Å². The second kappa shape index (κ2) is 10.9. The number of halogens is 1. The lowest BCUT2D eigenvalue weighted by Crippen LogP contribution is -2.27. The maximum atomic E-state index is 12.1. The van der Waals surface area contributed by atoms with E-state index in [1.165, 1.54) is 5.57 Å². The number of aldehydes is 1. The molecule has 1 aromatic rings. The van der Waals surface area contributed by atoms with Crippen LogP contribution in [-0.4, -0.2) is 18.9 Å². The summed E-state index contributed by atoms with van der Waals surface area (Å²) in [7, 11) is 0. The Morgan fingerprint density at radius 3 is 2.50 bits per heavy atom. The molecule has 0 N–H and O–H groups in total. The van der Waals surface area contributed by atoms with Gasteiger partial charge in [-0.15, -0.1) is 0 Å². The Bertz CT molecular complexity index is 686. The third-order valence-electron chi connectivity index (χ3n) is 4.07. The fraction of sp³-hybridized carbons (Fsp3) is 0.364. The molecule has 1 aromatic carbocycles. The summed E-state index contributed by atoms with van der Waals surface area (Å²) in [6.45, 7) is 9.71. The maximum Gasteiger partial charge on any atom is 0.338 e. The molecular weight excluding hydrogens is 392 g/mol. The van der Waals surface area contributed by atoms with Crippen LogP contribution in [0.25, 0.3) is 0 Å². The topological polar surface area (TPSA) is 43.4 Å². The van der Waals surface area contributed by atoms with E-state index in [1.807, 2.05) is 19.9 Å². The molecule has 0 amide bonds.